The van der Waals surface area contributed by atoms with Gasteiger partial charge in [0.25, 0.3) is 0 Å². The molecule has 5 heteroatoms. The van der Waals surface area contributed by atoms with E-state index < -0.39 is 6.10 Å². The maximum Gasteiger partial charge on any atom is 0.319 e. The van der Waals surface area contributed by atoms with E-state index in [-0.39, 0.29) is 6.03 Å². The second kappa shape index (κ2) is 8.93. The molecule has 0 aliphatic heterocycles. The van der Waals surface area contributed by atoms with Crippen molar-refractivity contribution in [3.05, 3.63) is 59.7 Å². The highest BCUT2D eigenvalue weighted by Gasteiger charge is 2.08. The van der Waals surface area contributed by atoms with Crippen molar-refractivity contribution < 1.29 is 14.6 Å². The summed E-state index contributed by atoms with van der Waals surface area (Å²) in [7, 11) is 0. The van der Waals surface area contributed by atoms with Gasteiger partial charge in [0.2, 0.25) is 0 Å². The van der Waals surface area contributed by atoms with Crippen LogP contribution in [0.15, 0.2) is 48.5 Å². The number of benzene rings is 2. The van der Waals surface area contributed by atoms with Crippen LogP contribution in [-0.4, -0.2) is 23.8 Å². The Bertz CT molecular complexity index is 657. The molecule has 0 saturated heterocycles. The molecule has 5 nitrogen and oxygen atoms in total. The molecule has 0 radical (unpaired) electrons. The lowest BCUT2D eigenvalue weighted by molar-refractivity contribution is 0.184. The van der Waals surface area contributed by atoms with Crippen molar-refractivity contribution in [2.24, 2.45) is 0 Å². The van der Waals surface area contributed by atoms with Crippen molar-refractivity contribution in [3.8, 4) is 5.75 Å². The van der Waals surface area contributed by atoms with E-state index in [1.807, 2.05) is 55.5 Å². The van der Waals surface area contributed by atoms with Crippen LogP contribution < -0.4 is 15.4 Å². The Morgan fingerprint density at radius 1 is 1.17 bits per heavy atom. The van der Waals surface area contributed by atoms with Gasteiger partial charge in [0.05, 0.1) is 6.10 Å². The first kappa shape index (κ1) is 17.8. The van der Waals surface area contributed by atoms with Gasteiger partial charge in [-0.15, -0.1) is 0 Å². The predicted octanol–water partition coefficient (Wildman–Crippen LogP) is 3.47. The van der Waals surface area contributed by atoms with Crippen LogP contribution in [0.25, 0.3) is 0 Å². The molecule has 24 heavy (non-hydrogen) atoms. The van der Waals surface area contributed by atoms with Crippen LogP contribution in [0, 0.1) is 6.92 Å². The van der Waals surface area contributed by atoms with Crippen LogP contribution in [0.5, 0.6) is 5.75 Å². The molecule has 0 saturated carbocycles. The molecule has 3 N–H and O–H groups in total. The number of urea groups is 1. The number of carbonyl (C=O) groups excluding carboxylic acids is 1. The summed E-state index contributed by atoms with van der Waals surface area (Å²) in [4.78, 5) is 11.9. The number of hydrogen-bond acceptors (Lipinski definition) is 3. The minimum Gasteiger partial charge on any atom is -0.489 e. The first-order chi connectivity index (χ1) is 11.6. The fraction of sp³-hybridized carbons (Fsp3) is 0.316. The number of para-hydroxylation sites is 1. The lowest BCUT2D eigenvalue weighted by Gasteiger charge is -2.14. The smallest absolute Gasteiger partial charge is 0.319 e. The molecule has 1 atom stereocenters. The Morgan fingerprint density at radius 3 is 2.62 bits per heavy atom. The fourth-order valence-corrected chi connectivity index (χ4v) is 2.21. The quantitative estimate of drug-likeness (QED) is 0.729. The number of aliphatic hydroxyl groups excluding tert-OH is 1. The summed E-state index contributed by atoms with van der Waals surface area (Å²) in [5, 5.41) is 14.8. The molecule has 0 bridgehead atoms. The summed E-state index contributed by atoms with van der Waals surface area (Å²) in [6.07, 6.45) is 0.0997. The van der Waals surface area contributed by atoms with Crippen molar-refractivity contribution in [3.63, 3.8) is 0 Å². The van der Waals surface area contributed by atoms with E-state index in [1.54, 1.807) is 6.92 Å². The third-order valence-electron chi connectivity index (χ3n) is 3.68. The number of aliphatic hydroxyl groups is 1. The third kappa shape index (κ3) is 5.59. The van der Waals surface area contributed by atoms with E-state index in [4.69, 9.17) is 4.74 Å². The maximum absolute atomic E-state index is 11.9. The van der Waals surface area contributed by atoms with Crippen molar-refractivity contribution in [2.75, 3.05) is 11.9 Å². The Balaban J connectivity index is 1.93. The number of amides is 2. The van der Waals surface area contributed by atoms with Gasteiger partial charge in [0, 0.05) is 12.2 Å². The Labute approximate surface area is 142 Å². The van der Waals surface area contributed by atoms with Gasteiger partial charge in [-0.3, -0.25) is 0 Å². The molecule has 2 rings (SSSR count). The molecule has 0 aliphatic carbocycles. The zero-order valence-electron chi connectivity index (χ0n) is 14.1. The lowest BCUT2D eigenvalue weighted by atomic mass is 10.1. The molecule has 2 aromatic rings. The molecular weight excluding hydrogens is 304 g/mol. The Hall–Kier alpha value is -2.53. The van der Waals surface area contributed by atoms with E-state index in [1.165, 1.54) is 0 Å². The van der Waals surface area contributed by atoms with Crippen molar-refractivity contribution >= 4 is 11.7 Å². The van der Waals surface area contributed by atoms with Gasteiger partial charge in [0.15, 0.2) is 0 Å². The largest absolute Gasteiger partial charge is 0.489 e. The van der Waals surface area contributed by atoms with Crippen molar-refractivity contribution in [1.82, 2.24) is 5.32 Å². The topological polar surface area (TPSA) is 70.6 Å². The SMILES string of the molecule is Cc1c(COc2ccccc2)cccc1NC(=O)NCCC(C)O. The minimum absolute atomic E-state index is 0.278. The number of carbonyl (C=O) groups is 1. The number of rotatable bonds is 7. The highest BCUT2D eigenvalue weighted by atomic mass is 16.5. The molecule has 128 valence electrons. The second-order valence-corrected chi connectivity index (χ2v) is 5.71. The van der Waals surface area contributed by atoms with Crippen LogP contribution >= 0.6 is 0 Å². The summed E-state index contributed by atoms with van der Waals surface area (Å²) in [6, 6.07) is 15.1. The average molecular weight is 328 g/mol. The van der Waals surface area contributed by atoms with E-state index in [0.29, 0.717) is 19.6 Å². The molecule has 0 fully saturated rings. The number of nitrogens with one attached hydrogen (secondary N) is 2. The Kier molecular flexibility index (Phi) is 6.63. The number of ether oxygens (including phenoxy) is 1. The molecule has 0 aromatic heterocycles. The molecule has 0 spiro atoms. The van der Waals surface area contributed by atoms with Gasteiger partial charge >= 0.3 is 6.03 Å². The minimum atomic E-state index is -0.425. The van der Waals surface area contributed by atoms with Crippen LogP contribution in [0.2, 0.25) is 0 Å². The van der Waals surface area contributed by atoms with Gasteiger partial charge in [-0.05, 0) is 49.6 Å². The van der Waals surface area contributed by atoms with E-state index in [9.17, 15) is 9.90 Å². The molecular formula is C19H24N2O3. The second-order valence-electron chi connectivity index (χ2n) is 5.71. The summed E-state index contributed by atoms with van der Waals surface area (Å²) in [6.45, 7) is 4.52. The average Bonchev–Trinajstić information content (AvgIpc) is 2.56. The van der Waals surface area contributed by atoms with E-state index in [2.05, 4.69) is 10.6 Å². The monoisotopic (exact) mass is 328 g/mol. The van der Waals surface area contributed by atoms with Crippen molar-refractivity contribution in [1.29, 1.82) is 0 Å². The van der Waals surface area contributed by atoms with Gasteiger partial charge < -0.3 is 20.5 Å². The van der Waals surface area contributed by atoms with Gasteiger partial charge in [-0.25, -0.2) is 4.79 Å². The first-order valence-corrected chi connectivity index (χ1v) is 8.05. The van der Waals surface area contributed by atoms with Crippen LogP contribution in [0.4, 0.5) is 10.5 Å². The number of anilines is 1. The summed E-state index contributed by atoms with van der Waals surface area (Å²) in [5.74, 6) is 0.811. The van der Waals surface area contributed by atoms with Gasteiger partial charge in [-0.2, -0.15) is 0 Å². The highest BCUT2D eigenvalue weighted by molar-refractivity contribution is 5.90. The zero-order chi connectivity index (χ0) is 17.4. The predicted molar refractivity (Wildman–Crippen MR) is 95.3 cm³/mol. The first-order valence-electron chi connectivity index (χ1n) is 8.05. The van der Waals surface area contributed by atoms with Crippen molar-refractivity contribution in [2.45, 2.75) is 33.0 Å². The van der Waals surface area contributed by atoms with Crippen LogP contribution in [0.1, 0.15) is 24.5 Å². The van der Waals surface area contributed by atoms with Gasteiger partial charge in [-0.1, -0.05) is 30.3 Å². The van der Waals surface area contributed by atoms with Crippen LogP contribution in [-0.2, 0) is 6.61 Å². The third-order valence-corrected chi connectivity index (χ3v) is 3.68. The Morgan fingerprint density at radius 2 is 1.92 bits per heavy atom. The maximum atomic E-state index is 11.9. The normalized spacial score (nSPS) is 11.6. The van der Waals surface area contributed by atoms with E-state index in [0.717, 1.165) is 22.6 Å². The molecule has 2 amide bonds. The fourth-order valence-electron chi connectivity index (χ4n) is 2.21. The molecule has 2 aromatic carbocycles. The number of hydrogen-bond donors (Lipinski definition) is 3. The lowest BCUT2D eigenvalue weighted by Crippen LogP contribution is -2.31. The standard InChI is InChI=1S/C19H24N2O3/c1-14(22)11-12-20-19(23)21-18-10-6-7-16(15(18)2)13-24-17-8-4-3-5-9-17/h3-10,14,22H,11-13H2,1-2H3,(H2,20,21,23). The zero-order valence-corrected chi connectivity index (χ0v) is 14.1. The van der Waals surface area contributed by atoms with Crippen LogP contribution in [0.3, 0.4) is 0 Å². The molecule has 1 unspecified atom stereocenters. The van der Waals surface area contributed by atoms with Gasteiger partial charge in [0.1, 0.15) is 12.4 Å². The summed E-state index contributed by atoms with van der Waals surface area (Å²) >= 11 is 0. The highest BCUT2D eigenvalue weighted by Crippen LogP contribution is 2.21. The summed E-state index contributed by atoms with van der Waals surface area (Å²) in [5.41, 5.74) is 2.73. The molecule has 0 aliphatic rings. The van der Waals surface area contributed by atoms with E-state index >= 15 is 0 Å². The molecule has 0 heterocycles. The summed E-state index contributed by atoms with van der Waals surface area (Å²) < 4.78 is 5.77.